The second kappa shape index (κ2) is 9.70. The number of carbonyl (C=O) groups excluding carboxylic acids is 1. The molecule has 1 N–H and O–H groups in total. The molecular formula is C23H32N4O3S. The molecule has 1 aromatic carbocycles. The molecule has 0 saturated carbocycles. The molecule has 8 heteroatoms. The molecule has 0 bridgehead atoms. The molecule has 7 nitrogen and oxygen atoms in total. The van der Waals surface area contributed by atoms with Gasteiger partial charge in [0, 0.05) is 52.0 Å². The average Bonchev–Trinajstić information content (AvgIpc) is 3.02. The van der Waals surface area contributed by atoms with Crippen LogP contribution in [0.5, 0.6) is 0 Å². The minimum atomic E-state index is -0.482. The molecule has 31 heavy (non-hydrogen) atoms. The van der Waals surface area contributed by atoms with E-state index in [2.05, 4.69) is 27.4 Å². The van der Waals surface area contributed by atoms with Crippen molar-refractivity contribution in [1.82, 2.24) is 14.8 Å². The molecule has 2 aromatic rings. The maximum absolute atomic E-state index is 12.1. The second-order valence-corrected chi connectivity index (χ2v) is 9.91. The molecule has 1 aromatic heterocycles. The van der Waals surface area contributed by atoms with Crippen molar-refractivity contribution in [2.45, 2.75) is 26.4 Å². The molecule has 0 radical (unpaired) electrons. The van der Waals surface area contributed by atoms with E-state index in [-0.39, 0.29) is 11.7 Å². The van der Waals surface area contributed by atoms with E-state index in [9.17, 15) is 9.59 Å². The van der Waals surface area contributed by atoms with Crippen LogP contribution in [0.4, 0.5) is 10.5 Å². The van der Waals surface area contributed by atoms with Gasteiger partial charge in [-0.05, 0) is 38.5 Å². The number of nitrogens with one attached hydrogen (secondary N) is 1. The Bertz CT molecular complexity index is 1060. The van der Waals surface area contributed by atoms with Crippen LogP contribution < -0.4 is 19.7 Å². The monoisotopic (exact) mass is 444 g/mol. The second-order valence-electron chi connectivity index (χ2n) is 8.78. The molecule has 3 rings (SSSR count). The third-order valence-electron chi connectivity index (χ3n) is 5.10. The van der Waals surface area contributed by atoms with Gasteiger partial charge in [0.2, 0.25) is 0 Å². The van der Waals surface area contributed by atoms with Gasteiger partial charge in [0.25, 0.3) is 5.56 Å². The lowest BCUT2D eigenvalue weighted by Crippen LogP contribution is -2.49. The van der Waals surface area contributed by atoms with Crippen LogP contribution in [0.3, 0.4) is 0 Å². The Labute approximate surface area is 187 Å². The smallest absolute Gasteiger partial charge is 0.410 e. The molecule has 0 unspecified atom stereocenters. The normalized spacial score (nSPS) is 15.9. The van der Waals surface area contributed by atoms with Crippen molar-refractivity contribution in [3.05, 3.63) is 49.4 Å². The number of likely N-dealkylation sites (N-methyl/N-ethyl adjacent to an activating group) is 1. The summed E-state index contributed by atoms with van der Waals surface area (Å²) in [6.45, 7) is 14.5. The largest absolute Gasteiger partial charge is 0.444 e. The fraction of sp³-hybridized carbons (Fsp3) is 0.478. The van der Waals surface area contributed by atoms with Gasteiger partial charge in [0.05, 0.1) is 9.20 Å². The number of hydrogen-bond acceptors (Lipinski definition) is 6. The van der Waals surface area contributed by atoms with Crippen LogP contribution in [-0.4, -0.2) is 72.8 Å². The first-order chi connectivity index (χ1) is 14.6. The van der Waals surface area contributed by atoms with E-state index in [1.807, 2.05) is 45.0 Å². The van der Waals surface area contributed by atoms with E-state index in [0.29, 0.717) is 15.7 Å². The summed E-state index contributed by atoms with van der Waals surface area (Å²) in [6.07, 6.45) is 1.65. The minimum Gasteiger partial charge on any atom is -0.444 e. The highest BCUT2D eigenvalue weighted by Gasteiger charge is 2.22. The first-order valence-electron chi connectivity index (χ1n) is 10.5. The quantitative estimate of drug-likeness (QED) is 0.760. The van der Waals surface area contributed by atoms with Crippen LogP contribution in [0.1, 0.15) is 26.3 Å². The highest BCUT2D eigenvalue weighted by molar-refractivity contribution is 7.07. The fourth-order valence-corrected chi connectivity index (χ4v) is 4.20. The molecule has 168 valence electrons. The van der Waals surface area contributed by atoms with Crippen molar-refractivity contribution < 1.29 is 9.53 Å². The molecule has 1 fully saturated rings. The van der Waals surface area contributed by atoms with Gasteiger partial charge in [-0.25, -0.2) is 4.79 Å². The Hall–Kier alpha value is -2.58. The first kappa shape index (κ1) is 23.1. The van der Waals surface area contributed by atoms with Gasteiger partial charge < -0.3 is 19.5 Å². The maximum atomic E-state index is 12.1. The van der Waals surface area contributed by atoms with E-state index in [4.69, 9.17) is 4.74 Å². The molecular weight excluding hydrogens is 412 g/mol. The van der Waals surface area contributed by atoms with Crippen molar-refractivity contribution >= 4 is 35.8 Å². The van der Waals surface area contributed by atoms with Crippen LogP contribution in [0, 0.1) is 0 Å². The van der Waals surface area contributed by atoms with Gasteiger partial charge in [-0.1, -0.05) is 24.8 Å². The maximum Gasteiger partial charge on any atom is 0.410 e. The zero-order valence-corrected chi connectivity index (χ0v) is 19.6. The molecule has 2 heterocycles. The van der Waals surface area contributed by atoms with Gasteiger partial charge in [-0.2, -0.15) is 0 Å². The molecule has 0 atom stereocenters. The number of H-pyrrole nitrogens is 1. The van der Waals surface area contributed by atoms with Crippen molar-refractivity contribution in [2.24, 2.45) is 0 Å². The molecule has 0 aliphatic carbocycles. The molecule has 1 amide bonds. The Morgan fingerprint density at radius 3 is 2.55 bits per heavy atom. The molecule has 1 aliphatic rings. The number of nitrogens with zero attached hydrogens (tertiary/aromatic N) is 3. The fourth-order valence-electron chi connectivity index (χ4n) is 3.46. The third-order valence-corrected chi connectivity index (χ3v) is 5.97. The first-order valence-corrected chi connectivity index (χ1v) is 11.3. The van der Waals surface area contributed by atoms with Gasteiger partial charge in [0.15, 0.2) is 0 Å². The van der Waals surface area contributed by atoms with Crippen molar-refractivity contribution in [3.8, 4) is 0 Å². The summed E-state index contributed by atoms with van der Waals surface area (Å²) in [4.78, 5) is 33.3. The van der Waals surface area contributed by atoms with Gasteiger partial charge in [-0.3, -0.25) is 9.69 Å². The van der Waals surface area contributed by atoms with Gasteiger partial charge in [-0.15, -0.1) is 11.3 Å². The summed E-state index contributed by atoms with van der Waals surface area (Å²) >= 11 is 1.38. The lowest BCUT2D eigenvalue weighted by Gasteiger charge is -2.37. The zero-order valence-electron chi connectivity index (χ0n) is 18.8. The van der Waals surface area contributed by atoms with Gasteiger partial charge >= 0.3 is 6.09 Å². The summed E-state index contributed by atoms with van der Waals surface area (Å²) in [6, 6.07) is 8.16. The van der Waals surface area contributed by atoms with Crippen LogP contribution in [0.2, 0.25) is 0 Å². The number of piperazine rings is 1. The molecule has 0 spiro atoms. The van der Waals surface area contributed by atoms with Crippen LogP contribution in [-0.2, 0) is 4.74 Å². The lowest BCUT2D eigenvalue weighted by atomic mass is 10.1. The highest BCUT2D eigenvalue weighted by atomic mass is 32.1. The Morgan fingerprint density at radius 1 is 1.26 bits per heavy atom. The summed E-state index contributed by atoms with van der Waals surface area (Å²) in [7, 11) is 1.78. The molecule has 1 saturated heterocycles. The predicted octanol–water partition coefficient (Wildman–Crippen LogP) is 1.66. The van der Waals surface area contributed by atoms with Gasteiger partial charge in [0.1, 0.15) is 5.60 Å². The van der Waals surface area contributed by atoms with Crippen molar-refractivity contribution in [1.29, 1.82) is 0 Å². The van der Waals surface area contributed by atoms with E-state index in [1.165, 1.54) is 11.3 Å². The number of hydrogen-bond donors (Lipinski definition) is 1. The number of anilines is 1. The third kappa shape index (κ3) is 6.45. The number of thiazole rings is 1. The number of aromatic nitrogens is 1. The summed E-state index contributed by atoms with van der Waals surface area (Å²) in [5.41, 5.74) is 1.59. The number of benzene rings is 1. The summed E-state index contributed by atoms with van der Waals surface area (Å²) < 4.78 is 6.75. The summed E-state index contributed by atoms with van der Waals surface area (Å²) in [5, 5.41) is 0. The lowest BCUT2D eigenvalue weighted by molar-refractivity contribution is 0.0282. The predicted molar refractivity (Wildman–Crippen MR) is 127 cm³/mol. The number of carbonyl (C=O) groups is 1. The zero-order chi connectivity index (χ0) is 22.6. The van der Waals surface area contributed by atoms with E-state index >= 15 is 0 Å². The Morgan fingerprint density at radius 2 is 1.94 bits per heavy atom. The number of para-hydroxylation sites is 1. The van der Waals surface area contributed by atoms with E-state index in [1.54, 1.807) is 11.9 Å². The number of rotatable bonds is 5. The summed E-state index contributed by atoms with van der Waals surface area (Å²) in [5.74, 6) is 0. The van der Waals surface area contributed by atoms with E-state index < -0.39 is 5.60 Å². The number of ether oxygens (including phenoxy) is 1. The van der Waals surface area contributed by atoms with Crippen LogP contribution >= 0.6 is 11.3 Å². The van der Waals surface area contributed by atoms with Crippen molar-refractivity contribution in [3.63, 3.8) is 0 Å². The SMILES string of the molecule is C=c1[nH]c(=O)/c(=C/c2ccccc2N2CCN(CCN(C)C(=O)OC(C)(C)C)CC2)s1. The minimum absolute atomic E-state index is 0.0938. The van der Waals surface area contributed by atoms with Crippen LogP contribution in [0.15, 0.2) is 29.1 Å². The standard InChI is InChI=1S/C23H32N4O3S/c1-17-24-21(28)20(31-17)16-18-8-6-7-9-19(18)27-14-12-26(13-15-27)11-10-25(5)22(29)30-23(2,3)4/h6-9,16H,1,10-15H2,2-5H3,(H,24,28)/b20-16-. The average molecular weight is 445 g/mol. The number of amides is 1. The Balaban J connectivity index is 1.59. The Kier molecular flexibility index (Phi) is 7.23. The van der Waals surface area contributed by atoms with Crippen LogP contribution in [0.25, 0.3) is 12.7 Å². The number of aromatic amines is 1. The highest BCUT2D eigenvalue weighted by Crippen LogP contribution is 2.22. The topological polar surface area (TPSA) is 68.9 Å². The molecule has 1 aliphatic heterocycles. The van der Waals surface area contributed by atoms with E-state index in [0.717, 1.165) is 44.0 Å². The van der Waals surface area contributed by atoms with Crippen molar-refractivity contribution in [2.75, 3.05) is 51.2 Å².